The minimum atomic E-state index is 0.0218. The van der Waals surface area contributed by atoms with E-state index in [1.54, 1.807) is 11.3 Å². The third kappa shape index (κ3) is 1.96. The molecule has 0 aliphatic rings. The van der Waals surface area contributed by atoms with Gasteiger partial charge in [0, 0.05) is 12.2 Å². The minimum Gasteiger partial charge on any atom is -0.326 e. The van der Waals surface area contributed by atoms with Gasteiger partial charge in [0.2, 0.25) is 0 Å². The van der Waals surface area contributed by atoms with Gasteiger partial charge in [-0.05, 0) is 36.2 Å². The van der Waals surface area contributed by atoms with E-state index in [1.807, 2.05) is 19.4 Å². The molecule has 0 saturated carbocycles. The number of aromatic nitrogens is 2. The maximum Gasteiger partial charge on any atom is 0.0954 e. The lowest BCUT2D eigenvalue weighted by molar-refractivity contribution is 0.583. The molecular formula is C11H15N3S. The summed E-state index contributed by atoms with van der Waals surface area (Å²) >= 11 is 1.71. The Morgan fingerprint density at radius 3 is 2.87 bits per heavy atom. The molecule has 0 spiro atoms. The minimum absolute atomic E-state index is 0.0218. The Kier molecular flexibility index (Phi) is 2.88. The van der Waals surface area contributed by atoms with Crippen LogP contribution in [0.2, 0.25) is 0 Å². The molecule has 0 amide bonds. The SMILES string of the molecule is CC(c1ccsc1)n1cncc1[C@H](C)N. The van der Waals surface area contributed by atoms with Gasteiger partial charge >= 0.3 is 0 Å². The standard InChI is InChI=1S/C11H15N3S/c1-8(12)11-5-13-7-14(11)9(2)10-3-4-15-6-10/h3-9H,12H2,1-2H3/t8-,9?/m0/s1. The van der Waals surface area contributed by atoms with Crippen molar-refractivity contribution in [2.45, 2.75) is 25.9 Å². The summed E-state index contributed by atoms with van der Waals surface area (Å²) in [5.41, 5.74) is 8.27. The third-order valence-electron chi connectivity index (χ3n) is 2.61. The highest BCUT2D eigenvalue weighted by Crippen LogP contribution is 2.23. The van der Waals surface area contributed by atoms with E-state index in [2.05, 4.69) is 33.3 Å². The van der Waals surface area contributed by atoms with Crippen molar-refractivity contribution in [3.8, 4) is 0 Å². The van der Waals surface area contributed by atoms with Crippen molar-refractivity contribution >= 4 is 11.3 Å². The lowest BCUT2D eigenvalue weighted by Gasteiger charge is -2.17. The number of thiophene rings is 1. The van der Waals surface area contributed by atoms with Crippen LogP contribution in [0.15, 0.2) is 29.4 Å². The summed E-state index contributed by atoms with van der Waals surface area (Å²) in [6.45, 7) is 4.14. The van der Waals surface area contributed by atoms with Gasteiger partial charge in [0.25, 0.3) is 0 Å². The molecule has 2 rings (SSSR count). The summed E-state index contributed by atoms with van der Waals surface area (Å²) in [7, 11) is 0. The molecule has 1 unspecified atom stereocenters. The molecule has 0 radical (unpaired) electrons. The zero-order chi connectivity index (χ0) is 10.8. The van der Waals surface area contributed by atoms with Crippen LogP contribution in [0.4, 0.5) is 0 Å². The highest BCUT2D eigenvalue weighted by molar-refractivity contribution is 7.07. The molecule has 2 atom stereocenters. The Hall–Kier alpha value is -1.13. The quantitative estimate of drug-likeness (QED) is 0.865. The molecule has 0 aliphatic heterocycles. The first-order chi connectivity index (χ1) is 7.20. The summed E-state index contributed by atoms with van der Waals surface area (Å²) in [5.74, 6) is 0. The van der Waals surface area contributed by atoms with Gasteiger partial charge in [-0.3, -0.25) is 0 Å². The van der Waals surface area contributed by atoms with Crippen LogP contribution in [0, 0.1) is 0 Å². The predicted octanol–water partition coefficient (Wildman–Crippen LogP) is 2.57. The van der Waals surface area contributed by atoms with Crippen LogP contribution in [0.1, 0.15) is 37.2 Å². The summed E-state index contributed by atoms with van der Waals surface area (Å²) in [5, 5.41) is 4.25. The molecular weight excluding hydrogens is 206 g/mol. The zero-order valence-electron chi connectivity index (χ0n) is 8.92. The van der Waals surface area contributed by atoms with Crippen molar-refractivity contribution in [2.24, 2.45) is 5.73 Å². The van der Waals surface area contributed by atoms with Crippen LogP contribution in [0.5, 0.6) is 0 Å². The van der Waals surface area contributed by atoms with E-state index < -0.39 is 0 Å². The van der Waals surface area contributed by atoms with Gasteiger partial charge in [0.05, 0.1) is 18.1 Å². The maximum atomic E-state index is 5.89. The van der Waals surface area contributed by atoms with Crippen LogP contribution in [0.25, 0.3) is 0 Å². The number of imidazole rings is 1. The smallest absolute Gasteiger partial charge is 0.0954 e. The van der Waals surface area contributed by atoms with Gasteiger partial charge in [0.15, 0.2) is 0 Å². The van der Waals surface area contributed by atoms with Gasteiger partial charge in [-0.15, -0.1) is 0 Å². The number of hydrogen-bond donors (Lipinski definition) is 1. The molecule has 0 aliphatic carbocycles. The second-order valence-corrected chi connectivity index (χ2v) is 4.53. The largest absolute Gasteiger partial charge is 0.326 e. The first-order valence-corrected chi connectivity index (χ1v) is 5.94. The van der Waals surface area contributed by atoms with Gasteiger partial charge in [0.1, 0.15) is 0 Å². The zero-order valence-corrected chi connectivity index (χ0v) is 9.74. The maximum absolute atomic E-state index is 5.89. The molecule has 0 fully saturated rings. The first kappa shape index (κ1) is 10.4. The highest BCUT2D eigenvalue weighted by Gasteiger charge is 2.13. The third-order valence-corrected chi connectivity index (χ3v) is 3.31. The van der Waals surface area contributed by atoms with E-state index in [1.165, 1.54) is 5.56 Å². The molecule has 2 heterocycles. The second-order valence-electron chi connectivity index (χ2n) is 3.75. The lowest BCUT2D eigenvalue weighted by Crippen LogP contribution is -2.15. The predicted molar refractivity (Wildman–Crippen MR) is 63.0 cm³/mol. The monoisotopic (exact) mass is 221 g/mol. The number of nitrogens with two attached hydrogens (primary N) is 1. The molecule has 15 heavy (non-hydrogen) atoms. The molecule has 0 saturated heterocycles. The molecule has 2 aromatic heterocycles. The molecule has 2 aromatic rings. The van der Waals surface area contributed by atoms with E-state index >= 15 is 0 Å². The van der Waals surface area contributed by atoms with Crippen LogP contribution < -0.4 is 5.73 Å². The summed E-state index contributed by atoms with van der Waals surface area (Å²) < 4.78 is 2.13. The van der Waals surface area contributed by atoms with E-state index in [0.29, 0.717) is 6.04 Å². The fourth-order valence-electron chi connectivity index (χ4n) is 1.66. The van der Waals surface area contributed by atoms with Gasteiger partial charge in [-0.25, -0.2) is 4.98 Å². The van der Waals surface area contributed by atoms with Crippen molar-refractivity contribution in [3.63, 3.8) is 0 Å². The Labute approximate surface area is 93.6 Å². The topological polar surface area (TPSA) is 43.8 Å². The van der Waals surface area contributed by atoms with Crippen molar-refractivity contribution in [1.82, 2.24) is 9.55 Å². The van der Waals surface area contributed by atoms with Crippen molar-refractivity contribution < 1.29 is 0 Å². The Balaban J connectivity index is 2.33. The van der Waals surface area contributed by atoms with E-state index in [-0.39, 0.29) is 6.04 Å². The Bertz CT molecular complexity index is 417. The van der Waals surface area contributed by atoms with Gasteiger partial charge in [-0.2, -0.15) is 11.3 Å². The fourth-order valence-corrected chi connectivity index (χ4v) is 2.41. The van der Waals surface area contributed by atoms with Crippen molar-refractivity contribution in [3.05, 3.63) is 40.6 Å². The highest BCUT2D eigenvalue weighted by atomic mass is 32.1. The molecule has 0 bridgehead atoms. The lowest BCUT2D eigenvalue weighted by atomic mass is 10.1. The van der Waals surface area contributed by atoms with E-state index in [4.69, 9.17) is 5.73 Å². The van der Waals surface area contributed by atoms with Crippen LogP contribution in [0.3, 0.4) is 0 Å². The summed E-state index contributed by atoms with van der Waals surface area (Å²) in [4.78, 5) is 4.16. The first-order valence-electron chi connectivity index (χ1n) is 4.99. The van der Waals surface area contributed by atoms with E-state index in [9.17, 15) is 0 Å². The molecule has 80 valence electrons. The average Bonchev–Trinajstić information content (AvgIpc) is 2.88. The fraction of sp³-hybridized carbons (Fsp3) is 0.364. The number of hydrogen-bond acceptors (Lipinski definition) is 3. The van der Waals surface area contributed by atoms with Crippen molar-refractivity contribution in [1.29, 1.82) is 0 Å². The molecule has 3 nitrogen and oxygen atoms in total. The van der Waals surface area contributed by atoms with Gasteiger partial charge < -0.3 is 10.3 Å². The average molecular weight is 221 g/mol. The molecule has 2 N–H and O–H groups in total. The Morgan fingerprint density at radius 1 is 1.47 bits per heavy atom. The summed E-state index contributed by atoms with van der Waals surface area (Å²) in [6.07, 6.45) is 3.69. The molecule has 4 heteroatoms. The van der Waals surface area contributed by atoms with Crippen LogP contribution in [-0.4, -0.2) is 9.55 Å². The second kappa shape index (κ2) is 4.16. The van der Waals surface area contributed by atoms with Crippen LogP contribution >= 0.6 is 11.3 Å². The summed E-state index contributed by atoms with van der Waals surface area (Å²) in [6, 6.07) is 2.47. The van der Waals surface area contributed by atoms with Gasteiger partial charge in [-0.1, -0.05) is 0 Å². The van der Waals surface area contributed by atoms with Crippen LogP contribution in [-0.2, 0) is 0 Å². The molecule has 0 aromatic carbocycles. The number of rotatable bonds is 3. The number of nitrogens with zero attached hydrogens (tertiary/aromatic N) is 2. The van der Waals surface area contributed by atoms with Crippen molar-refractivity contribution in [2.75, 3.05) is 0 Å². The normalized spacial score (nSPS) is 15.1. The Morgan fingerprint density at radius 2 is 2.27 bits per heavy atom. The van der Waals surface area contributed by atoms with E-state index in [0.717, 1.165) is 5.69 Å².